The van der Waals surface area contributed by atoms with E-state index in [1.807, 2.05) is 24.3 Å². The predicted octanol–water partition coefficient (Wildman–Crippen LogP) is 4.83. The van der Waals surface area contributed by atoms with Gasteiger partial charge in [0.05, 0.1) is 11.8 Å². The number of allylic oxidation sites excluding steroid dienone is 1. The van der Waals surface area contributed by atoms with E-state index in [1.165, 1.54) is 16.7 Å². The Labute approximate surface area is 148 Å². The van der Waals surface area contributed by atoms with Crippen LogP contribution in [0.25, 0.3) is 6.08 Å². The molecule has 1 amide bonds. The second-order valence-corrected chi connectivity index (χ2v) is 6.78. The highest BCUT2D eigenvalue weighted by Crippen LogP contribution is 2.44. The first-order chi connectivity index (χ1) is 12.2. The van der Waals surface area contributed by atoms with Gasteiger partial charge in [0.1, 0.15) is 0 Å². The van der Waals surface area contributed by atoms with Gasteiger partial charge in [0.15, 0.2) is 0 Å². The minimum absolute atomic E-state index is 0.00909. The van der Waals surface area contributed by atoms with Gasteiger partial charge >= 0.3 is 0 Å². The molecule has 2 atom stereocenters. The molecule has 3 nitrogen and oxygen atoms in total. The molecule has 1 heterocycles. The maximum atomic E-state index is 12.2. The molecule has 0 spiro atoms. The van der Waals surface area contributed by atoms with E-state index in [0.29, 0.717) is 0 Å². The molecule has 1 aliphatic carbocycles. The second kappa shape index (κ2) is 6.67. The van der Waals surface area contributed by atoms with E-state index < -0.39 is 0 Å². The summed E-state index contributed by atoms with van der Waals surface area (Å²) in [6.45, 7) is 1.61. The van der Waals surface area contributed by atoms with Crippen LogP contribution in [0.5, 0.6) is 0 Å². The first-order valence-electron chi connectivity index (χ1n) is 8.93. The Hall–Kier alpha value is -2.68. The number of hydrogen-bond donors (Lipinski definition) is 0. The Bertz CT molecular complexity index is 824. The number of amides is 1. The zero-order valence-electron chi connectivity index (χ0n) is 14.4. The van der Waals surface area contributed by atoms with Crippen molar-refractivity contribution in [1.82, 2.24) is 5.01 Å². The van der Waals surface area contributed by atoms with Crippen molar-refractivity contribution in [3.63, 3.8) is 0 Å². The molecule has 0 radical (unpaired) electrons. The molecule has 3 heteroatoms. The lowest BCUT2D eigenvalue weighted by molar-refractivity contribution is -0.131. The highest BCUT2D eigenvalue weighted by Gasteiger charge is 2.42. The number of carbonyl (C=O) groups is 1. The minimum atomic E-state index is 0.00909. The zero-order valence-corrected chi connectivity index (χ0v) is 14.4. The zero-order chi connectivity index (χ0) is 17.2. The molecule has 1 fully saturated rings. The van der Waals surface area contributed by atoms with Crippen LogP contribution in [0.2, 0.25) is 0 Å². The van der Waals surface area contributed by atoms with Crippen molar-refractivity contribution in [2.45, 2.75) is 32.2 Å². The Balaban J connectivity index is 1.74. The molecule has 126 valence electrons. The third kappa shape index (κ3) is 3.02. The van der Waals surface area contributed by atoms with Crippen LogP contribution in [0.4, 0.5) is 0 Å². The highest BCUT2D eigenvalue weighted by atomic mass is 16.2. The Kier molecular flexibility index (Phi) is 4.22. The van der Waals surface area contributed by atoms with Crippen LogP contribution in [-0.2, 0) is 4.79 Å². The molecule has 0 N–H and O–H groups in total. The molecular formula is C22H22N2O. The first-order valence-corrected chi connectivity index (χ1v) is 8.93. The summed E-state index contributed by atoms with van der Waals surface area (Å²) in [5.74, 6) is 0.296. The van der Waals surface area contributed by atoms with Gasteiger partial charge in [-0.25, -0.2) is 5.01 Å². The number of nitrogens with zero attached hydrogens (tertiary/aromatic N) is 2. The molecule has 2 aliphatic rings. The first kappa shape index (κ1) is 15.8. The molecule has 4 rings (SSSR count). The normalized spacial score (nSPS) is 24.1. The third-order valence-corrected chi connectivity index (χ3v) is 5.11. The Morgan fingerprint density at radius 1 is 1.08 bits per heavy atom. The van der Waals surface area contributed by atoms with E-state index in [-0.39, 0.29) is 17.9 Å². The lowest BCUT2D eigenvalue weighted by Crippen LogP contribution is -2.30. The van der Waals surface area contributed by atoms with Crippen LogP contribution < -0.4 is 0 Å². The quantitative estimate of drug-likeness (QED) is 0.776. The molecule has 0 saturated heterocycles. The number of hydrazone groups is 1. The van der Waals surface area contributed by atoms with Gasteiger partial charge in [-0.05, 0) is 42.0 Å². The van der Waals surface area contributed by atoms with Gasteiger partial charge in [0.2, 0.25) is 5.91 Å². The van der Waals surface area contributed by atoms with Crippen LogP contribution in [0.1, 0.15) is 43.4 Å². The van der Waals surface area contributed by atoms with E-state index in [0.717, 1.165) is 25.0 Å². The van der Waals surface area contributed by atoms with E-state index in [4.69, 9.17) is 5.10 Å². The molecule has 2 aromatic rings. The van der Waals surface area contributed by atoms with Crippen LogP contribution in [0.3, 0.4) is 0 Å². The molecular weight excluding hydrogens is 308 g/mol. The fourth-order valence-corrected chi connectivity index (χ4v) is 4.00. The molecule has 1 saturated carbocycles. The van der Waals surface area contributed by atoms with Crippen molar-refractivity contribution >= 4 is 17.7 Å². The van der Waals surface area contributed by atoms with Crippen LogP contribution in [0.15, 0.2) is 71.3 Å². The predicted molar refractivity (Wildman–Crippen MR) is 101 cm³/mol. The van der Waals surface area contributed by atoms with Crippen molar-refractivity contribution < 1.29 is 4.79 Å². The lowest BCUT2D eigenvalue weighted by atomic mass is 9.77. The minimum Gasteiger partial charge on any atom is -0.273 e. The second-order valence-electron chi connectivity index (χ2n) is 6.78. The van der Waals surface area contributed by atoms with Crippen molar-refractivity contribution in [2.75, 3.05) is 0 Å². The Morgan fingerprint density at radius 3 is 2.44 bits per heavy atom. The van der Waals surface area contributed by atoms with Gasteiger partial charge in [0, 0.05) is 12.8 Å². The van der Waals surface area contributed by atoms with Crippen molar-refractivity contribution in [1.29, 1.82) is 0 Å². The van der Waals surface area contributed by atoms with Gasteiger partial charge in [0.25, 0.3) is 0 Å². The van der Waals surface area contributed by atoms with Crippen molar-refractivity contribution in [3.8, 4) is 0 Å². The Morgan fingerprint density at radius 2 is 1.76 bits per heavy atom. The average Bonchev–Trinajstić information content (AvgIpc) is 3.04. The van der Waals surface area contributed by atoms with E-state index in [1.54, 1.807) is 11.9 Å². The average molecular weight is 330 g/mol. The topological polar surface area (TPSA) is 32.7 Å². The maximum absolute atomic E-state index is 12.2. The molecule has 0 unspecified atom stereocenters. The van der Waals surface area contributed by atoms with Crippen LogP contribution in [0, 0.1) is 5.92 Å². The van der Waals surface area contributed by atoms with Gasteiger partial charge in [-0.15, -0.1) is 0 Å². The lowest BCUT2D eigenvalue weighted by Gasteiger charge is -2.29. The standard InChI is InChI=1S/C22H22N2O/c1-16(25)24-22(18-11-6-3-7-12-18)20-14-8-13-19(21(20)23-24)15-17-9-4-2-5-10-17/h2-7,9-12,15,20,22H,8,13-14H2,1H3/b19-15+/t20-,22-/m1/s1. The fourth-order valence-electron chi connectivity index (χ4n) is 4.00. The van der Waals surface area contributed by atoms with Crippen molar-refractivity contribution in [2.24, 2.45) is 11.0 Å². The van der Waals surface area contributed by atoms with Gasteiger partial charge < -0.3 is 0 Å². The number of fused-ring (bicyclic) bond motifs is 1. The summed E-state index contributed by atoms with van der Waals surface area (Å²) in [5, 5.41) is 6.47. The molecule has 25 heavy (non-hydrogen) atoms. The molecule has 0 aromatic heterocycles. The molecule has 2 aromatic carbocycles. The van der Waals surface area contributed by atoms with E-state index >= 15 is 0 Å². The summed E-state index contributed by atoms with van der Waals surface area (Å²) in [4.78, 5) is 12.2. The smallest absolute Gasteiger partial charge is 0.240 e. The summed E-state index contributed by atoms with van der Waals surface area (Å²) in [6, 6.07) is 20.7. The van der Waals surface area contributed by atoms with Crippen LogP contribution in [-0.4, -0.2) is 16.6 Å². The fraction of sp³-hybridized carbons (Fsp3) is 0.273. The van der Waals surface area contributed by atoms with Gasteiger partial charge in [-0.1, -0.05) is 60.7 Å². The third-order valence-electron chi connectivity index (χ3n) is 5.11. The largest absolute Gasteiger partial charge is 0.273 e. The summed E-state index contributed by atoms with van der Waals surface area (Å²) in [6.07, 6.45) is 5.47. The summed E-state index contributed by atoms with van der Waals surface area (Å²) >= 11 is 0. The van der Waals surface area contributed by atoms with E-state index in [9.17, 15) is 4.79 Å². The monoisotopic (exact) mass is 330 g/mol. The molecule has 1 aliphatic heterocycles. The number of carbonyl (C=O) groups excluding carboxylic acids is 1. The summed E-state index contributed by atoms with van der Waals surface area (Å²) in [7, 11) is 0. The maximum Gasteiger partial charge on any atom is 0.240 e. The summed E-state index contributed by atoms with van der Waals surface area (Å²) in [5.41, 5.74) is 4.73. The van der Waals surface area contributed by atoms with E-state index in [2.05, 4.69) is 42.5 Å². The van der Waals surface area contributed by atoms with Gasteiger partial charge in [-0.2, -0.15) is 5.10 Å². The number of benzene rings is 2. The molecule has 0 bridgehead atoms. The van der Waals surface area contributed by atoms with Crippen molar-refractivity contribution in [3.05, 3.63) is 77.4 Å². The SMILES string of the molecule is CC(=O)N1N=C2/C(=C/c3ccccc3)CCC[C@H]2[C@H]1c1ccccc1. The van der Waals surface area contributed by atoms with Crippen LogP contribution >= 0.6 is 0 Å². The number of rotatable bonds is 2. The highest BCUT2D eigenvalue weighted by molar-refractivity contribution is 6.08. The summed E-state index contributed by atoms with van der Waals surface area (Å²) < 4.78 is 0. The van der Waals surface area contributed by atoms with Gasteiger partial charge in [-0.3, -0.25) is 4.79 Å². The number of hydrogen-bond acceptors (Lipinski definition) is 2.